The zero-order valence-corrected chi connectivity index (χ0v) is 10.9. The summed E-state index contributed by atoms with van der Waals surface area (Å²) in [5.41, 5.74) is 3.03. The zero-order chi connectivity index (χ0) is 12.7. The van der Waals surface area contributed by atoms with Crippen molar-refractivity contribution in [2.45, 2.75) is 6.23 Å². The molecule has 0 spiro atoms. The fourth-order valence-corrected chi connectivity index (χ4v) is 2.52. The van der Waals surface area contributed by atoms with E-state index in [2.05, 4.69) is 21.2 Å². The summed E-state index contributed by atoms with van der Waals surface area (Å²) in [5.74, 6) is -0.307. The molecule has 0 unspecified atom stereocenters. The molecule has 0 radical (unpaired) electrons. The van der Waals surface area contributed by atoms with Crippen molar-refractivity contribution in [3.63, 3.8) is 0 Å². The first kappa shape index (κ1) is 11.4. The van der Waals surface area contributed by atoms with Crippen LogP contribution in [-0.2, 0) is 0 Å². The predicted molar refractivity (Wildman–Crippen MR) is 73.5 cm³/mol. The molecule has 1 heterocycles. The number of nitrogens with one attached hydrogen (secondary N) is 1. The molecule has 18 heavy (non-hydrogen) atoms. The summed E-state index contributed by atoms with van der Waals surface area (Å²) in [6.45, 7) is 0. The van der Waals surface area contributed by atoms with E-state index in [-0.39, 0.29) is 5.78 Å². The van der Waals surface area contributed by atoms with E-state index in [1.807, 2.05) is 30.3 Å². The van der Waals surface area contributed by atoms with Gasteiger partial charge < -0.3 is 10.4 Å². The largest absolute Gasteiger partial charge is 0.367 e. The topological polar surface area (TPSA) is 49.3 Å². The monoisotopic (exact) mass is 303 g/mol. The first-order chi connectivity index (χ1) is 8.66. The van der Waals surface area contributed by atoms with Crippen LogP contribution in [0, 0.1) is 0 Å². The molecule has 2 aromatic carbocycles. The maximum atomic E-state index is 12.1. The molecule has 90 valence electrons. The molecule has 0 saturated heterocycles. The number of aliphatic hydroxyl groups is 1. The Labute approximate surface area is 113 Å². The Morgan fingerprint density at radius 2 is 1.78 bits per heavy atom. The summed E-state index contributed by atoms with van der Waals surface area (Å²) in [7, 11) is 0. The lowest BCUT2D eigenvalue weighted by atomic mass is 9.97. The molecule has 1 aliphatic heterocycles. The van der Waals surface area contributed by atoms with Crippen LogP contribution >= 0.6 is 15.9 Å². The number of hydrogen-bond acceptors (Lipinski definition) is 3. The molecule has 0 aromatic heterocycles. The van der Waals surface area contributed by atoms with Crippen LogP contribution in [0.2, 0.25) is 0 Å². The van der Waals surface area contributed by atoms with Gasteiger partial charge in [0.15, 0.2) is 6.23 Å². The molecule has 3 rings (SSSR count). The number of fused-ring (bicyclic) bond motifs is 3. The highest BCUT2D eigenvalue weighted by atomic mass is 79.9. The molecule has 0 saturated carbocycles. The highest BCUT2D eigenvalue weighted by Gasteiger charge is 2.25. The van der Waals surface area contributed by atoms with Gasteiger partial charge in [-0.25, -0.2) is 0 Å². The van der Waals surface area contributed by atoms with Crippen LogP contribution in [0.1, 0.15) is 10.4 Å². The fraction of sp³-hybridized carbons (Fsp3) is 0.0714. The second kappa shape index (κ2) is 4.23. The summed E-state index contributed by atoms with van der Waals surface area (Å²) >= 11 is 3.42. The molecule has 0 amide bonds. The summed E-state index contributed by atoms with van der Waals surface area (Å²) in [6, 6.07) is 13.0. The van der Waals surface area contributed by atoms with Crippen LogP contribution in [0.5, 0.6) is 0 Å². The van der Waals surface area contributed by atoms with Crippen molar-refractivity contribution in [1.29, 1.82) is 0 Å². The van der Waals surface area contributed by atoms with E-state index in [4.69, 9.17) is 0 Å². The lowest BCUT2D eigenvalue weighted by molar-refractivity contribution is 0.0796. The quantitative estimate of drug-likeness (QED) is 0.786. The number of benzene rings is 2. The molecule has 1 atom stereocenters. The molecule has 4 heteroatoms. The second-order valence-electron chi connectivity index (χ2n) is 4.15. The van der Waals surface area contributed by atoms with Gasteiger partial charge >= 0.3 is 0 Å². The Morgan fingerprint density at radius 3 is 2.56 bits per heavy atom. The van der Waals surface area contributed by atoms with E-state index in [1.54, 1.807) is 12.1 Å². The number of rotatable bonds is 0. The first-order valence-corrected chi connectivity index (χ1v) is 6.34. The van der Waals surface area contributed by atoms with E-state index in [0.717, 1.165) is 21.3 Å². The molecule has 0 fully saturated rings. The van der Waals surface area contributed by atoms with E-state index in [0.29, 0.717) is 5.56 Å². The van der Waals surface area contributed by atoms with Crippen molar-refractivity contribution < 1.29 is 9.90 Å². The molecular formula is C14H10BrNO2. The molecular weight excluding hydrogens is 294 g/mol. The van der Waals surface area contributed by atoms with Crippen LogP contribution in [0.25, 0.3) is 11.1 Å². The van der Waals surface area contributed by atoms with Crippen LogP contribution < -0.4 is 5.32 Å². The van der Waals surface area contributed by atoms with Gasteiger partial charge in [-0.1, -0.05) is 40.2 Å². The third-order valence-corrected chi connectivity index (χ3v) is 3.50. The fourth-order valence-electron chi connectivity index (χ4n) is 2.16. The summed E-state index contributed by atoms with van der Waals surface area (Å²) in [5, 5.41) is 12.7. The summed E-state index contributed by atoms with van der Waals surface area (Å²) < 4.78 is 0.932. The minimum atomic E-state index is -1.20. The zero-order valence-electron chi connectivity index (χ0n) is 9.35. The maximum absolute atomic E-state index is 12.1. The van der Waals surface area contributed by atoms with Crippen molar-refractivity contribution in [2.24, 2.45) is 0 Å². The van der Waals surface area contributed by atoms with Gasteiger partial charge in [-0.05, 0) is 23.8 Å². The minimum absolute atomic E-state index is 0.307. The number of halogens is 1. The highest BCUT2D eigenvalue weighted by Crippen LogP contribution is 2.36. The normalized spacial score (nSPS) is 17.4. The molecule has 3 nitrogen and oxygen atoms in total. The van der Waals surface area contributed by atoms with Crippen LogP contribution in [0.15, 0.2) is 46.9 Å². The number of carbonyl (C=O) groups is 1. The average molecular weight is 304 g/mol. The lowest BCUT2D eigenvalue weighted by Crippen LogP contribution is -2.27. The number of carbonyl (C=O) groups excluding carboxylic acids is 1. The van der Waals surface area contributed by atoms with Crippen molar-refractivity contribution in [3.8, 4) is 11.1 Å². The van der Waals surface area contributed by atoms with Crippen LogP contribution in [0.4, 0.5) is 5.69 Å². The molecule has 1 aliphatic rings. The highest BCUT2D eigenvalue weighted by molar-refractivity contribution is 9.10. The van der Waals surface area contributed by atoms with Crippen molar-refractivity contribution in [3.05, 3.63) is 52.5 Å². The van der Waals surface area contributed by atoms with E-state index in [1.165, 1.54) is 0 Å². The Balaban J connectivity index is 2.33. The third kappa shape index (κ3) is 1.74. The van der Waals surface area contributed by atoms with E-state index >= 15 is 0 Å². The smallest absolute Gasteiger partial charge is 0.212 e. The average Bonchev–Trinajstić information content (AvgIpc) is 2.48. The number of ketones is 1. The van der Waals surface area contributed by atoms with Crippen LogP contribution in [-0.4, -0.2) is 17.1 Å². The predicted octanol–water partition coefficient (Wildman–Crippen LogP) is 3.04. The number of aliphatic hydroxyl groups excluding tert-OH is 1. The molecule has 2 N–H and O–H groups in total. The Morgan fingerprint density at radius 1 is 1.06 bits per heavy atom. The Kier molecular flexibility index (Phi) is 2.69. The maximum Gasteiger partial charge on any atom is 0.212 e. The van der Waals surface area contributed by atoms with Gasteiger partial charge in [-0.2, -0.15) is 0 Å². The molecule has 0 bridgehead atoms. The van der Waals surface area contributed by atoms with Crippen LogP contribution in [0.3, 0.4) is 0 Å². The SMILES string of the molecule is O=C1c2ccccc2-c2cc(Br)ccc2N[C@H]1O. The standard InChI is InChI=1S/C14H10BrNO2/c15-8-5-6-12-11(7-8)9-3-1-2-4-10(9)13(17)14(18)16-12/h1-7,14,16,18H/t14-/m0/s1. The van der Waals surface area contributed by atoms with Gasteiger partial charge in [0.1, 0.15) is 0 Å². The van der Waals surface area contributed by atoms with Crippen molar-refractivity contribution in [1.82, 2.24) is 0 Å². The summed E-state index contributed by atoms with van der Waals surface area (Å²) in [6.07, 6.45) is -1.20. The Bertz CT molecular complexity index is 639. The van der Waals surface area contributed by atoms with Gasteiger partial charge in [0.25, 0.3) is 0 Å². The van der Waals surface area contributed by atoms with E-state index < -0.39 is 6.23 Å². The second-order valence-corrected chi connectivity index (χ2v) is 5.06. The Hall–Kier alpha value is -1.65. The number of hydrogen-bond donors (Lipinski definition) is 2. The van der Waals surface area contributed by atoms with Crippen molar-refractivity contribution >= 4 is 27.4 Å². The molecule has 0 aliphatic carbocycles. The van der Waals surface area contributed by atoms with Gasteiger partial charge in [0.05, 0.1) is 0 Å². The molecule has 2 aromatic rings. The third-order valence-electron chi connectivity index (χ3n) is 3.00. The number of anilines is 1. The first-order valence-electron chi connectivity index (χ1n) is 5.54. The van der Waals surface area contributed by atoms with Gasteiger partial charge in [-0.15, -0.1) is 0 Å². The van der Waals surface area contributed by atoms with Gasteiger partial charge in [0, 0.05) is 21.3 Å². The van der Waals surface area contributed by atoms with Gasteiger partial charge in [-0.3, -0.25) is 4.79 Å². The van der Waals surface area contributed by atoms with Crippen molar-refractivity contribution in [2.75, 3.05) is 5.32 Å². The van der Waals surface area contributed by atoms with E-state index in [9.17, 15) is 9.90 Å². The summed E-state index contributed by atoms with van der Waals surface area (Å²) in [4.78, 5) is 12.1. The van der Waals surface area contributed by atoms with Gasteiger partial charge in [0.2, 0.25) is 5.78 Å². The lowest BCUT2D eigenvalue weighted by Gasteiger charge is -2.11. The minimum Gasteiger partial charge on any atom is -0.367 e. The number of Topliss-reactive ketones (excluding diaryl/α,β-unsaturated/α-hetero) is 1.